The van der Waals surface area contributed by atoms with Gasteiger partial charge < -0.3 is 4.90 Å². The zero-order chi connectivity index (χ0) is 21.9. The number of hydrazone groups is 1. The van der Waals surface area contributed by atoms with E-state index in [0.29, 0.717) is 0 Å². The first kappa shape index (κ1) is 23.4. The molecule has 0 bridgehead atoms. The summed E-state index contributed by atoms with van der Waals surface area (Å²) in [6.45, 7) is 5.13. The van der Waals surface area contributed by atoms with E-state index >= 15 is 0 Å². The van der Waals surface area contributed by atoms with Crippen LogP contribution in [0, 0.1) is 5.92 Å². The van der Waals surface area contributed by atoms with Gasteiger partial charge in [-0.05, 0) is 44.5 Å². The summed E-state index contributed by atoms with van der Waals surface area (Å²) in [6, 6.07) is 18.4. The fraction of sp³-hybridized carbons (Fsp3) is 0.320. The van der Waals surface area contributed by atoms with Gasteiger partial charge in [-0.2, -0.15) is 5.10 Å². The second-order valence-corrected chi connectivity index (χ2v) is 9.28. The molecule has 1 N–H and O–H groups in total. The standard InChI is InChI=1S/C25H27N5OS.ClH/c1-2-14-29-15-8-11-19(17-29)24(31)28-26-16-21-23(18-9-4-3-5-10-18)27-25-30(21)20-12-6-7-13-22(20)32-25;/h3-7,9-10,12-13,16,19H,2,8,11,14-15,17H2,1H3,(H,28,31);1H/b26-16+;. The number of fused-ring (bicyclic) bond motifs is 3. The predicted molar refractivity (Wildman–Crippen MR) is 138 cm³/mol. The number of aromatic nitrogens is 2. The Morgan fingerprint density at radius 2 is 2.00 bits per heavy atom. The Bertz CT molecular complexity index is 1260. The Morgan fingerprint density at radius 3 is 2.82 bits per heavy atom. The molecule has 3 heterocycles. The third-order valence-corrected chi connectivity index (χ3v) is 7.04. The number of rotatable bonds is 6. The number of likely N-dealkylation sites (tertiary alicyclic amines) is 1. The highest BCUT2D eigenvalue weighted by Gasteiger charge is 2.25. The second kappa shape index (κ2) is 10.5. The van der Waals surface area contributed by atoms with Crippen molar-refractivity contribution in [2.75, 3.05) is 19.6 Å². The maximum absolute atomic E-state index is 12.8. The van der Waals surface area contributed by atoms with Crippen LogP contribution in [0.5, 0.6) is 0 Å². The Balaban J connectivity index is 0.00000259. The van der Waals surface area contributed by atoms with Crippen LogP contribution in [-0.2, 0) is 4.79 Å². The Hall–Kier alpha value is -2.74. The summed E-state index contributed by atoms with van der Waals surface area (Å²) < 4.78 is 3.30. The lowest BCUT2D eigenvalue weighted by Gasteiger charge is -2.31. The van der Waals surface area contributed by atoms with Gasteiger partial charge in [-0.1, -0.05) is 60.7 Å². The SMILES string of the molecule is CCCN1CCCC(C(=O)N/N=C/c2c(-c3ccccc3)nc3sc4ccccc4n23)C1.Cl. The molecule has 1 atom stereocenters. The smallest absolute Gasteiger partial charge is 0.244 e. The fourth-order valence-electron chi connectivity index (χ4n) is 4.50. The van der Waals surface area contributed by atoms with E-state index in [0.717, 1.165) is 66.3 Å². The number of piperidine rings is 1. The van der Waals surface area contributed by atoms with Crippen molar-refractivity contribution in [1.82, 2.24) is 19.7 Å². The van der Waals surface area contributed by atoms with Gasteiger partial charge in [0.25, 0.3) is 0 Å². The molecule has 1 aliphatic heterocycles. The maximum Gasteiger partial charge on any atom is 0.244 e. The minimum absolute atomic E-state index is 0. The normalized spacial score (nSPS) is 16.9. The molecule has 172 valence electrons. The van der Waals surface area contributed by atoms with Crippen LogP contribution < -0.4 is 5.43 Å². The van der Waals surface area contributed by atoms with E-state index in [4.69, 9.17) is 4.98 Å². The largest absolute Gasteiger partial charge is 0.303 e. The van der Waals surface area contributed by atoms with Crippen LogP contribution in [0.4, 0.5) is 0 Å². The average molecular weight is 482 g/mol. The highest BCUT2D eigenvalue weighted by atomic mass is 35.5. The fourth-order valence-corrected chi connectivity index (χ4v) is 5.54. The first-order chi connectivity index (χ1) is 15.7. The molecule has 1 fully saturated rings. The van der Waals surface area contributed by atoms with Gasteiger partial charge >= 0.3 is 0 Å². The Kier molecular flexibility index (Phi) is 7.42. The van der Waals surface area contributed by atoms with Crippen LogP contribution >= 0.6 is 23.7 Å². The first-order valence-corrected chi connectivity index (χ1v) is 12.1. The highest BCUT2D eigenvalue weighted by Crippen LogP contribution is 2.32. The minimum Gasteiger partial charge on any atom is -0.303 e. The first-order valence-electron chi connectivity index (χ1n) is 11.2. The van der Waals surface area contributed by atoms with Gasteiger partial charge in [0.05, 0.1) is 33.7 Å². The van der Waals surface area contributed by atoms with Gasteiger partial charge in [-0.25, -0.2) is 10.4 Å². The lowest BCUT2D eigenvalue weighted by Crippen LogP contribution is -2.42. The number of halogens is 1. The molecule has 0 spiro atoms. The number of nitrogens with one attached hydrogen (secondary N) is 1. The van der Waals surface area contributed by atoms with E-state index in [1.807, 2.05) is 30.3 Å². The van der Waals surface area contributed by atoms with E-state index in [1.165, 1.54) is 4.70 Å². The summed E-state index contributed by atoms with van der Waals surface area (Å²) in [4.78, 5) is 21.0. The molecule has 6 nitrogen and oxygen atoms in total. The Morgan fingerprint density at radius 1 is 1.21 bits per heavy atom. The number of para-hydroxylation sites is 1. The number of nitrogens with zero attached hydrogens (tertiary/aromatic N) is 4. The van der Waals surface area contributed by atoms with Gasteiger partial charge in [0.15, 0.2) is 4.96 Å². The summed E-state index contributed by atoms with van der Waals surface area (Å²) in [5.41, 5.74) is 6.67. The van der Waals surface area contributed by atoms with Crippen LogP contribution in [0.2, 0.25) is 0 Å². The molecule has 8 heteroatoms. The zero-order valence-electron chi connectivity index (χ0n) is 18.6. The number of benzene rings is 2. The second-order valence-electron chi connectivity index (χ2n) is 8.27. The third-order valence-electron chi connectivity index (χ3n) is 6.01. The molecule has 0 radical (unpaired) electrons. The van der Waals surface area contributed by atoms with Crippen LogP contribution in [0.15, 0.2) is 59.7 Å². The highest BCUT2D eigenvalue weighted by molar-refractivity contribution is 7.23. The number of thiazole rings is 1. The predicted octanol–water partition coefficient (Wildman–Crippen LogP) is 5.21. The van der Waals surface area contributed by atoms with E-state index in [-0.39, 0.29) is 24.2 Å². The molecule has 0 saturated carbocycles. The van der Waals surface area contributed by atoms with Crippen molar-refractivity contribution in [2.45, 2.75) is 26.2 Å². The molecule has 33 heavy (non-hydrogen) atoms. The topological polar surface area (TPSA) is 62.0 Å². The number of imidazole rings is 1. The molecular weight excluding hydrogens is 454 g/mol. The molecule has 0 aliphatic carbocycles. The van der Waals surface area contributed by atoms with Crippen molar-refractivity contribution in [3.8, 4) is 11.3 Å². The maximum atomic E-state index is 12.8. The molecule has 5 rings (SSSR count). The van der Waals surface area contributed by atoms with Crippen LogP contribution in [-0.4, -0.2) is 46.0 Å². The summed E-state index contributed by atoms with van der Waals surface area (Å²) in [5, 5.41) is 4.38. The van der Waals surface area contributed by atoms with Crippen LogP contribution in [0.25, 0.3) is 26.4 Å². The molecule has 2 aromatic carbocycles. The lowest BCUT2D eigenvalue weighted by atomic mass is 9.97. The molecule has 1 aliphatic rings. The van der Waals surface area contributed by atoms with Crippen molar-refractivity contribution in [2.24, 2.45) is 11.0 Å². The quantitative estimate of drug-likeness (QED) is 0.304. The Labute approximate surface area is 203 Å². The van der Waals surface area contributed by atoms with Crippen molar-refractivity contribution in [3.05, 3.63) is 60.3 Å². The van der Waals surface area contributed by atoms with Gasteiger partial charge in [-0.15, -0.1) is 12.4 Å². The number of carbonyl (C=O) groups excluding carboxylic acids is 1. The van der Waals surface area contributed by atoms with Crippen LogP contribution in [0.1, 0.15) is 31.9 Å². The summed E-state index contributed by atoms with van der Waals surface area (Å²) in [6.07, 6.45) is 4.83. The van der Waals surface area contributed by atoms with Gasteiger partial charge in [-0.3, -0.25) is 9.20 Å². The van der Waals surface area contributed by atoms with Crippen LogP contribution in [0.3, 0.4) is 0 Å². The summed E-state index contributed by atoms with van der Waals surface area (Å²) >= 11 is 1.66. The van der Waals surface area contributed by atoms with Gasteiger partial charge in [0.2, 0.25) is 5.91 Å². The van der Waals surface area contributed by atoms with E-state index in [9.17, 15) is 4.79 Å². The number of carbonyl (C=O) groups is 1. The monoisotopic (exact) mass is 481 g/mol. The number of amides is 1. The number of hydrogen-bond donors (Lipinski definition) is 1. The van der Waals surface area contributed by atoms with E-state index in [2.05, 4.69) is 51.0 Å². The summed E-state index contributed by atoms with van der Waals surface area (Å²) in [5.74, 6) is -0.00673. The van der Waals surface area contributed by atoms with Gasteiger partial charge in [0.1, 0.15) is 0 Å². The van der Waals surface area contributed by atoms with Crippen molar-refractivity contribution in [1.29, 1.82) is 0 Å². The number of hydrogen-bond acceptors (Lipinski definition) is 5. The third kappa shape index (κ3) is 4.81. The molecule has 1 amide bonds. The molecule has 1 saturated heterocycles. The summed E-state index contributed by atoms with van der Waals surface area (Å²) in [7, 11) is 0. The molecule has 2 aromatic heterocycles. The minimum atomic E-state index is -0.00604. The van der Waals surface area contributed by atoms with Crippen molar-refractivity contribution >= 4 is 51.0 Å². The lowest BCUT2D eigenvalue weighted by molar-refractivity contribution is -0.126. The average Bonchev–Trinajstić information content (AvgIpc) is 3.36. The zero-order valence-corrected chi connectivity index (χ0v) is 20.2. The molecular formula is C25H28ClN5OS. The van der Waals surface area contributed by atoms with E-state index in [1.54, 1.807) is 17.6 Å². The van der Waals surface area contributed by atoms with E-state index < -0.39 is 0 Å². The van der Waals surface area contributed by atoms with Gasteiger partial charge in [0, 0.05) is 12.1 Å². The van der Waals surface area contributed by atoms with Crippen molar-refractivity contribution < 1.29 is 4.79 Å². The van der Waals surface area contributed by atoms with Crippen molar-refractivity contribution in [3.63, 3.8) is 0 Å². The molecule has 1 unspecified atom stereocenters. The molecule has 4 aromatic rings.